The van der Waals surface area contributed by atoms with Crippen molar-refractivity contribution in [3.8, 4) is 0 Å². The SMILES string of the molecule is C=CCCNC[C@@H](O)[C@H](Cc1ccccc1)N=[N+]=[N-]. The van der Waals surface area contributed by atoms with Crippen molar-refractivity contribution in [3.05, 3.63) is 59.0 Å². The maximum Gasteiger partial charge on any atom is 0.0752 e. The molecule has 0 spiro atoms. The lowest BCUT2D eigenvalue weighted by atomic mass is 10.0. The molecule has 0 radical (unpaired) electrons. The van der Waals surface area contributed by atoms with Crippen LogP contribution in [-0.4, -0.2) is 30.3 Å². The van der Waals surface area contributed by atoms with Gasteiger partial charge in [0.1, 0.15) is 0 Å². The largest absolute Gasteiger partial charge is 0.391 e. The molecule has 0 aromatic heterocycles. The fourth-order valence-corrected chi connectivity index (χ4v) is 1.77. The van der Waals surface area contributed by atoms with Gasteiger partial charge in [-0.05, 0) is 30.5 Å². The number of aliphatic hydroxyl groups is 1. The Morgan fingerprint density at radius 3 is 2.79 bits per heavy atom. The van der Waals surface area contributed by atoms with Crippen molar-refractivity contribution in [2.75, 3.05) is 13.1 Å². The van der Waals surface area contributed by atoms with Gasteiger partial charge in [-0.2, -0.15) is 0 Å². The number of nitrogens with one attached hydrogen (secondary N) is 1. The average Bonchev–Trinajstić information content (AvgIpc) is 2.44. The zero-order chi connectivity index (χ0) is 13.9. The highest BCUT2D eigenvalue weighted by Crippen LogP contribution is 2.09. The lowest BCUT2D eigenvalue weighted by molar-refractivity contribution is 0.142. The van der Waals surface area contributed by atoms with Gasteiger partial charge in [-0.15, -0.1) is 6.58 Å². The van der Waals surface area contributed by atoms with Crippen LogP contribution in [0.4, 0.5) is 0 Å². The summed E-state index contributed by atoms with van der Waals surface area (Å²) < 4.78 is 0. The van der Waals surface area contributed by atoms with Crippen LogP contribution in [0.2, 0.25) is 0 Å². The molecule has 0 saturated carbocycles. The van der Waals surface area contributed by atoms with E-state index in [1.807, 2.05) is 36.4 Å². The Labute approximate surface area is 113 Å². The second-order valence-corrected chi connectivity index (χ2v) is 4.31. The molecule has 2 N–H and O–H groups in total. The van der Waals surface area contributed by atoms with Crippen LogP contribution < -0.4 is 5.32 Å². The molecule has 0 amide bonds. The molecule has 0 saturated heterocycles. The second-order valence-electron chi connectivity index (χ2n) is 4.31. The summed E-state index contributed by atoms with van der Waals surface area (Å²) in [4.78, 5) is 2.82. The number of benzene rings is 1. The van der Waals surface area contributed by atoms with Crippen molar-refractivity contribution in [1.82, 2.24) is 5.32 Å². The lowest BCUT2D eigenvalue weighted by Crippen LogP contribution is -2.36. The zero-order valence-corrected chi connectivity index (χ0v) is 10.9. The number of hydrogen-bond acceptors (Lipinski definition) is 3. The highest BCUT2D eigenvalue weighted by atomic mass is 16.3. The third kappa shape index (κ3) is 6.06. The number of nitrogens with zero attached hydrogens (tertiary/aromatic N) is 3. The summed E-state index contributed by atoms with van der Waals surface area (Å²) in [7, 11) is 0. The van der Waals surface area contributed by atoms with Crippen LogP contribution >= 0.6 is 0 Å². The van der Waals surface area contributed by atoms with Gasteiger partial charge in [0.2, 0.25) is 0 Å². The van der Waals surface area contributed by atoms with Crippen LogP contribution in [0.1, 0.15) is 12.0 Å². The Kier molecular flexibility index (Phi) is 7.35. The number of rotatable bonds is 9. The summed E-state index contributed by atoms with van der Waals surface area (Å²) in [6.07, 6.45) is 2.50. The van der Waals surface area contributed by atoms with Crippen molar-refractivity contribution >= 4 is 0 Å². The van der Waals surface area contributed by atoms with Gasteiger partial charge >= 0.3 is 0 Å². The summed E-state index contributed by atoms with van der Waals surface area (Å²) >= 11 is 0. The van der Waals surface area contributed by atoms with Crippen LogP contribution in [0.15, 0.2) is 48.1 Å². The first kappa shape index (κ1) is 15.2. The minimum atomic E-state index is -0.694. The Morgan fingerprint density at radius 1 is 1.42 bits per heavy atom. The molecular weight excluding hydrogens is 240 g/mol. The molecule has 0 heterocycles. The predicted octanol–water partition coefficient (Wildman–Crippen LogP) is 2.43. The summed E-state index contributed by atoms with van der Waals surface area (Å²) in [6, 6.07) is 9.24. The molecule has 1 rings (SSSR count). The second kappa shape index (κ2) is 9.16. The van der Waals surface area contributed by atoms with Crippen molar-refractivity contribution in [2.45, 2.75) is 25.0 Å². The fraction of sp³-hybridized carbons (Fsp3) is 0.429. The molecular formula is C14H20N4O. The van der Waals surface area contributed by atoms with E-state index >= 15 is 0 Å². The summed E-state index contributed by atoms with van der Waals surface area (Å²) in [6.45, 7) is 4.79. The van der Waals surface area contributed by atoms with E-state index in [1.54, 1.807) is 0 Å². The van der Waals surface area contributed by atoms with Gasteiger partial charge in [0, 0.05) is 11.5 Å². The maximum atomic E-state index is 10.0. The van der Waals surface area contributed by atoms with Gasteiger partial charge in [-0.25, -0.2) is 0 Å². The molecule has 1 aromatic carbocycles. The van der Waals surface area contributed by atoms with Crippen molar-refractivity contribution in [2.24, 2.45) is 5.11 Å². The molecule has 19 heavy (non-hydrogen) atoms. The van der Waals surface area contributed by atoms with E-state index in [-0.39, 0.29) is 0 Å². The van der Waals surface area contributed by atoms with E-state index in [4.69, 9.17) is 5.53 Å². The van der Waals surface area contributed by atoms with E-state index in [1.165, 1.54) is 0 Å². The molecule has 5 heteroatoms. The Morgan fingerprint density at radius 2 is 2.16 bits per heavy atom. The quantitative estimate of drug-likeness (QED) is 0.235. The average molecular weight is 260 g/mol. The van der Waals surface area contributed by atoms with Gasteiger partial charge in [0.05, 0.1) is 12.1 Å². The van der Waals surface area contributed by atoms with Crippen molar-refractivity contribution < 1.29 is 5.11 Å². The Bertz CT molecular complexity index is 415. The number of hydrogen-bond donors (Lipinski definition) is 2. The van der Waals surface area contributed by atoms with Crippen molar-refractivity contribution in [3.63, 3.8) is 0 Å². The first-order chi connectivity index (χ1) is 9.27. The third-order valence-corrected chi connectivity index (χ3v) is 2.81. The van der Waals surface area contributed by atoms with E-state index in [2.05, 4.69) is 21.9 Å². The molecule has 0 unspecified atom stereocenters. The molecule has 5 nitrogen and oxygen atoms in total. The van der Waals surface area contributed by atoms with Crippen LogP contribution in [0.25, 0.3) is 10.4 Å². The highest BCUT2D eigenvalue weighted by molar-refractivity contribution is 5.16. The zero-order valence-electron chi connectivity index (χ0n) is 10.9. The van der Waals surface area contributed by atoms with E-state index in [0.29, 0.717) is 13.0 Å². The number of azide groups is 1. The summed E-state index contributed by atoms with van der Waals surface area (Å²) in [5, 5.41) is 16.8. The highest BCUT2D eigenvalue weighted by Gasteiger charge is 2.17. The molecule has 0 fully saturated rings. The van der Waals surface area contributed by atoms with Crippen LogP contribution in [-0.2, 0) is 6.42 Å². The molecule has 102 valence electrons. The van der Waals surface area contributed by atoms with Gasteiger partial charge in [-0.1, -0.05) is 41.5 Å². The van der Waals surface area contributed by atoms with Gasteiger partial charge in [0.15, 0.2) is 0 Å². The number of aliphatic hydroxyl groups excluding tert-OH is 1. The standard InChI is InChI=1S/C14H20N4O/c1-2-3-9-16-11-14(19)13(17-18-15)10-12-7-5-4-6-8-12/h2,4-8,13-14,16,19H,1,3,9-11H2/t13-,14+/m0/s1. The van der Waals surface area contributed by atoms with Gasteiger partial charge in [0.25, 0.3) is 0 Å². The Balaban J connectivity index is 2.51. The minimum absolute atomic E-state index is 0.407. The van der Waals surface area contributed by atoms with E-state index in [0.717, 1.165) is 18.5 Å². The molecule has 2 atom stereocenters. The fourth-order valence-electron chi connectivity index (χ4n) is 1.77. The van der Waals surface area contributed by atoms with Gasteiger partial charge in [-0.3, -0.25) is 0 Å². The first-order valence-corrected chi connectivity index (χ1v) is 6.35. The molecule has 1 aromatic rings. The minimum Gasteiger partial charge on any atom is -0.391 e. The predicted molar refractivity (Wildman–Crippen MR) is 76.8 cm³/mol. The normalized spacial score (nSPS) is 13.3. The summed E-state index contributed by atoms with van der Waals surface area (Å²) in [5.41, 5.74) is 9.63. The van der Waals surface area contributed by atoms with Crippen molar-refractivity contribution in [1.29, 1.82) is 0 Å². The molecule has 0 aliphatic rings. The summed E-state index contributed by atoms with van der Waals surface area (Å²) in [5.74, 6) is 0. The molecule has 0 aliphatic carbocycles. The van der Waals surface area contributed by atoms with E-state index in [9.17, 15) is 5.11 Å². The molecule has 0 aliphatic heterocycles. The maximum absolute atomic E-state index is 10.0. The van der Waals surface area contributed by atoms with Crippen LogP contribution in [0.5, 0.6) is 0 Å². The van der Waals surface area contributed by atoms with Crippen LogP contribution in [0.3, 0.4) is 0 Å². The van der Waals surface area contributed by atoms with Gasteiger partial charge < -0.3 is 10.4 Å². The first-order valence-electron chi connectivity index (χ1n) is 6.35. The third-order valence-electron chi connectivity index (χ3n) is 2.81. The van der Waals surface area contributed by atoms with E-state index < -0.39 is 12.1 Å². The Hall–Kier alpha value is -1.81. The molecule has 0 bridgehead atoms. The smallest absolute Gasteiger partial charge is 0.0752 e. The lowest BCUT2D eigenvalue weighted by Gasteiger charge is -2.18. The monoisotopic (exact) mass is 260 g/mol. The van der Waals surface area contributed by atoms with Crippen LogP contribution in [0, 0.1) is 0 Å². The topological polar surface area (TPSA) is 81.0 Å².